The minimum absolute atomic E-state index is 0.0431. The van der Waals surface area contributed by atoms with Crippen molar-refractivity contribution >= 4 is 5.91 Å². The monoisotopic (exact) mass is 323 g/mol. The van der Waals surface area contributed by atoms with Crippen molar-refractivity contribution in [2.45, 2.75) is 52.2 Å². The number of aliphatic hydroxyl groups is 1. The Morgan fingerprint density at radius 3 is 2.57 bits per heavy atom. The highest BCUT2D eigenvalue weighted by atomic mass is 19.1. The Hall–Kier alpha value is -1.49. The van der Waals surface area contributed by atoms with Gasteiger partial charge in [0.1, 0.15) is 11.6 Å². The number of aliphatic hydroxyl groups excluding tert-OH is 1. The topological polar surface area (TPSA) is 40.5 Å². The third-order valence-corrected chi connectivity index (χ3v) is 5.44. The van der Waals surface area contributed by atoms with E-state index < -0.39 is 11.6 Å². The first kappa shape index (κ1) is 16.4. The summed E-state index contributed by atoms with van der Waals surface area (Å²) in [7, 11) is 0. The highest BCUT2D eigenvalue weighted by Gasteiger charge is 2.34. The number of carbonyl (C=O) groups is 1. The van der Waals surface area contributed by atoms with E-state index in [0.29, 0.717) is 30.5 Å². The van der Waals surface area contributed by atoms with Crippen molar-refractivity contribution in [1.82, 2.24) is 4.90 Å². The zero-order chi connectivity index (χ0) is 16.7. The molecule has 1 saturated carbocycles. The largest absolute Gasteiger partial charge is 0.393 e. The molecule has 0 saturated heterocycles. The van der Waals surface area contributed by atoms with E-state index in [2.05, 4.69) is 0 Å². The lowest BCUT2D eigenvalue weighted by atomic mass is 9.79. The van der Waals surface area contributed by atoms with Gasteiger partial charge in [-0.1, -0.05) is 0 Å². The summed E-state index contributed by atoms with van der Waals surface area (Å²) >= 11 is 0. The maximum Gasteiger partial charge on any atom is 0.257 e. The Kier molecular flexibility index (Phi) is 4.41. The van der Waals surface area contributed by atoms with Crippen molar-refractivity contribution in [2.24, 2.45) is 11.8 Å². The minimum Gasteiger partial charge on any atom is -0.393 e. The van der Waals surface area contributed by atoms with Crippen molar-refractivity contribution < 1.29 is 18.7 Å². The number of carbonyl (C=O) groups excluding carboxylic acids is 1. The summed E-state index contributed by atoms with van der Waals surface area (Å²) in [6, 6.07) is 1.29. The Balaban J connectivity index is 1.68. The maximum atomic E-state index is 14.2. The van der Waals surface area contributed by atoms with Gasteiger partial charge < -0.3 is 10.0 Å². The smallest absolute Gasteiger partial charge is 0.257 e. The Bertz CT molecular complexity index is 622. The van der Waals surface area contributed by atoms with Crippen LogP contribution >= 0.6 is 0 Å². The number of benzene rings is 1. The lowest BCUT2D eigenvalue weighted by molar-refractivity contribution is 0.0645. The SMILES string of the molecule is Cc1c(F)cc2c(c1F)C(=O)N(C[C@H]1CC[C@H](C(C)O)CC1)C2. The van der Waals surface area contributed by atoms with E-state index in [1.165, 1.54) is 13.0 Å². The van der Waals surface area contributed by atoms with Crippen LogP contribution in [0.15, 0.2) is 6.07 Å². The average molecular weight is 323 g/mol. The van der Waals surface area contributed by atoms with Gasteiger partial charge in [0.05, 0.1) is 11.7 Å². The summed E-state index contributed by atoms with van der Waals surface area (Å²) in [6.45, 7) is 4.06. The Morgan fingerprint density at radius 2 is 1.96 bits per heavy atom. The van der Waals surface area contributed by atoms with E-state index >= 15 is 0 Å². The zero-order valence-corrected chi connectivity index (χ0v) is 13.6. The number of amides is 1. The van der Waals surface area contributed by atoms with Gasteiger partial charge in [0.15, 0.2) is 0 Å². The van der Waals surface area contributed by atoms with Crippen molar-refractivity contribution in [3.05, 3.63) is 34.4 Å². The van der Waals surface area contributed by atoms with E-state index in [1.54, 1.807) is 4.90 Å². The van der Waals surface area contributed by atoms with Crippen LogP contribution in [0.5, 0.6) is 0 Å². The second-order valence-electron chi connectivity index (χ2n) is 7.04. The van der Waals surface area contributed by atoms with Gasteiger partial charge in [0.25, 0.3) is 5.91 Å². The number of halogens is 2. The van der Waals surface area contributed by atoms with Gasteiger partial charge in [-0.25, -0.2) is 8.78 Å². The Labute approximate surface area is 135 Å². The van der Waals surface area contributed by atoms with Gasteiger partial charge in [0.2, 0.25) is 0 Å². The van der Waals surface area contributed by atoms with E-state index in [0.717, 1.165) is 25.7 Å². The molecule has 1 aliphatic heterocycles. The quantitative estimate of drug-likeness (QED) is 0.926. The fourth-order valence-electron chi connectivity index (χ4n) is 3.87. The lowest BCUT2D eigenvalue weighted by Crippen LogP contribution is -2.33. The van der Waals surface area contributed by atoms with E-state index in [4.69, 9.17) is 0 Å². The average Bonchev–Trinajstić information content (AvgIpc) is 2.81. The number of rotatable bonds is 3. The van der Waals surface area contributed by atoms with Crippen LogP contribution in [0.2, 0.25) is 0 Å². The molecular formula is C18H23F2NO2. The molecule has 5 heteroatoms. The highest BCUT2D eigenvalue weighted by Crippen LogP contribution is 2.34. The maximum absolute atomic E-state index is 14.2. The lowest BCUT2D eigenvalue weighted by Gasteiger charge is -2.32. The van der Waals surface area contributed by atoms with Gasteiger partial charge in [0, 0.05) is 18.7 Å². The number of hydrogen-bond donors (Lipinski definition) is 1. The van der Waals surface area contributed by atoms with Crippen molar-refractivity contribution in [2.75, 3.05) is 6.54 Å². The van der Waals surface area contributed by atoms with Crippen LogP contribution in [-0.4, -0.2) is 28.6 Å². The van der Waals surface area contributed by atoms with Gasteiger partial charge in [-0.3, -0.25) is 4.79 Å². The minimum atomic E-state index is -0.717. The van der Waals surface area contributed by atoms with Crippen LogP contribution in [0.3, 0.4) is 0 Å². The molecule has 1 N–H and O–H groups in total. The molecule has 3 rings (SSSR count). The molecule has 0 aromatic heterocycles. The predicted molar refractivity (Wildman–Crippen MR) is 83.0 cm³/mol. The molecule has 1 amide bonds. The fourth-order valence-corrected chi connectivity index (χ4v) is 3.87. The van der Waals surface area contributed by atoms with Crippen molar-refractivity contribution in [3.8, 4) is 0 Å². The molecule has 126 valence electrons. The number of fused-ring (bicyclic) bond motifs is 1. The molecule has 0 radical (unpaired) electrons. The summed E-state index contributed by atoms with van der Waals surface area (Å²) < 4.78 is 27.9. The summed E-state index contributed by atoms with van der Waals surface area (Å²) in [5.74, 6) is -0.916. The molecular weight excluding hydrogens is 300 g/mol. The molecule has 1 aromatic rings. The molecule has 1 unspecified atom stereocenters. The zero-order valence-electron chi connectivity index (χ0n) is 13.6. The van der Waals surface area contributed by atoms with Crippen LogP contribution in [-0.2, 0) is 6.54 Å². The number of hydrogen-bond acceptors (Lipinski definition) is 2. The van der Waals surface area contributed by atoms with E-state index in [1.807, 2.05) is 6.92 Å². The molecule has 0 bridgehead atoms. The Morgan fingerprint density at radius 1 is 1.30 bits per heavy atom. The molecule has 1 fully saturated rings. The normalized spacial score (nSPS) is 25.6. The van der Waals surface area contributed by atoms with Gasteiger partial charge in [-0.05, 0) is 63.0 Å². The summed E-state index contributed by atoms with van der Waals surface area (Å²) in [4.78, 5) is 14.1. The first-order chi connectivity index (χ1) is 10.9. The van der Waals surface area contributed by atoms with Gasteiger partial charge >= 0.3 is 0 Å². The molecule has 2 aliphatic rings. The van der Waals surface area contributed by atoms with Gasteiger partial charge in [-0.15, -0.1) is 0 Å². The molecule has 0 spiro atoms. The first-order valence-electron chi connectivity index (χ1n) is 8.33. The molecule has 3 nitrogen and oxygen atoms in total. The predicted octanol–water partition coefficient (Wildman–Crippen LogP) is 3.42. The molecule has 1 aromatic carbocycles. The second kappa shape index (κ2) is 6.19. The number of nitrogens with zero attached hydrogens (tertiary/aromatic N) is 1. The van der Waals surface area contributed by atoms with Crippen LogP contribution < -0.4 is 0 Å². The van der Waals surface area contributed by atoms with Crippen molar-refractivity contribution in [3.63, 3.8) is 0 Å². The molecule has 23 heavy (non-hydrogen) atoms. The summed E-state index contributed by atoms with van der Waals surface area (Å²) in [5, 5.41) is 9.65. The standard InChI is InChI=1S/C18H23F2NO2/c1-10-15(19)7-14-9-21(18(23)16(14)17(10)20)8-12-3-5-13(6-4-12)11(2)22/h7,11-13,22H,3-6,8-9H2,1-2H3/t11?,12-,13-. The van der Waals surface area contributed by atoms with Crippen LogP contribution in [0.4, 0.5) is 8.78 Å². The molecule has 1 heterocycles. The van der Waals surface area contributed by atoms with E-state index in [-0.39, 0.29) is 23.1 Å². The van der Waals surface area contributed by atoms with E-state index in [9.17, 15) is 18.7 Å². The second-order valence-corrected chi connectivity index (χ2v) is 7.04. The fraction of sp³-hybridized carbons (Fsp3) is 0.611. The summed E-state index contributed by atoms with van der Waals surface area (Å²) in [5.41, 5.74) is 0.409. The molecule has 1 aliphatic carbocycles. The first-order valence-corrected chi connectivity index (χ1v) is 8.33. The molecule has 1 atom stereocenters. The van der Waals surface area contributed by atoms with Crippen LogP contribution in [0.25, 0.3) is 0 Å². The van der Waals surface area contributed by atoms with Gasteiger partial charge in [-0.2, -0.15) is 0 Å². The highest BCUT2D eigenvalue weighted by molar-refractivity contribution is 5.98. The van der Waals surface area contributed by atoms with Crippen LogP contribution in [0, 0.1) is 30.4 Å². The van der Waals surface area contributed by atoms with Crippen molar-refractivity contribution in [1.29, 1.82) is 0 Å². The third kappa shape index (κ3) is 2.99. The third-order valence-electron chi connectivity index (χ3n) is 5.44. The summed E-state index contributed by atoms with van der Waals surface area (Å²) in [6.07, 6.45) is 3.56. The van der Waals surface area contributed by atoms with Crippen LogP contribution in [0.1, 0.15) is 54.1 Å².